The lowest BCUT2D eigenvalue weighted by molar-refractivity contribution is 0.345. The number of allylic oxidation sites excluding steroid dienone is 4. The summed E-state index contributed by atoms with van der Waals surface area (Å²) in [6.45, 7) is 9.07. The van der Waals surface area contributed by atoms with E-state index >= 15 is 0 Å². The van der Waals surface area contributed by atoms with Crippen LogP contribution in [0, 0.1) is 11.8 Å². The van der Waals surface area contributed by atoms with Gasteiger partial charge in [-0.3, -0.25) is 0 Å². The summed E-state index contributed by atoms with van der Waals surface area (Å²) < 4.78 is 14.8. The van der Waals surface area contributed by atoms with Crippen molar-refractivity contribution in [2.24, 2.45) is 11.8 Å². The number of hydrogen-bond acceptors (Lipinski definition) is 0. The van der Waals surface area contributed by atoms with Crippen LogP contribution in [0.25, 0.3) is 0 Å². The standard InChI is InChI=1S/C18H32FP/c1-5-10-17(6-2)12-11-16(3)15-20(4)18(19)13-8-7-9-14-18/h7-9,13,16-17H,5-6,10-12,14-15H2,1-4H3/p+1. The second-order valence-electron chi connectivity index (χ2n) is 6.58. The van der Waals surface area contributed by atoms with Crippen LogP contribution in [0.15, 0.2) is 24.3 Å². The monoisotopic (exact) mass is 299 g/mol. The Bertz CT molecular complexity index is 323. The maximum Gasteiger partial charge on any atom is 0.233 e. The highest BCUT2D eigenvalue weighted by molar-refractivity contribution is 7.58. The molecule has 116 valence electrons. The van der Waals surface area contributed by atoms with Crippen molar-refractivity contribution >= 4 is 7.92 Å². The van der Waals surface area contributed by atoms with E-state index in [1.54, 1.807) is 6.08 Å². The SMILES string of the molecule is CCCC(CC)CCC(C)C[PH+](C)C1(F)C=CC=CC1. The van der Waals surface area contributed by atoms with Crippen molar-refractivity contribution in [1.29, 1.82) is 0 Å². The van der Waals surface area contributed by atoms with E-state index in [2.05, 4.69) is 27.4 Å². The van der Waals surface area contributed by atoms with E-state index in [1.807, 2.05) is 18.2 Å². The normalized spacial score (nSPS) is 26.4. The Kier molecular flexibility index (Phi) is 8.03. The number of hydrogen-bond donors (Lipinski definition) is 0. The van der Waals surface area contributed by atoms with Crippen molar-refractivity contribution in [2.45, 2.75) is 64.7 Å². The van der Waals surface area contributed by atoms with Gasteiger partial charge in [0.2, 0.25) is 5.41 Å². The summed E-state index contributed by atoms with van der Waals surface area (Å²) in [6.07, 6.45) is 15.9. The minimum Gasteiger partial charge on any atom is -0.195 e. The molecule has 0 amide bonds. The first-order valence-electron chi connectivity index (χ1n) is 8.38. The molecule has 1 rings (SSSR count). The predicted octanol–water partition coefficient (Wildman–Crippen LogP) is 6.25. The highest BCUT2D eigenvalue weighted by Crippen LogP contribution is 2.53. The Labute approximate surface area is 126 Å². The van der Waals surface area contributed by atoms with Crippen molar-refractivity contribution < 1.29 is 4.39 Å². The van der Waals surface area contributed by atoms with Gasteiger partial charge in [0.1, 0.15) is 0 Å². The van der Waals surface area contributed by atoms with Crippen molar-refractivity contribution in [1.82, 2.24) is 0 Å². The Balaban J connectivity index is 2.36. The number of alkyl halides is 1. The third kappa shape index (κ3) is 5.68. The van der Waals surface area contributed by atoms with Crippen LogP contribution in [-0.2, 0) is 0 Å². The smallest absolute Gasteiger partial charge is 0.195 e. The van der Waals surface area contributed by atoms with Crippen LogP contribution in [0.1, 0.15) is 59.3 Å². The summed E-state index contributed by atoms with van der Waals surface area (Å²) in [5.74, 6) is 1.55. The van der Waals surface area contributed by atoms with E-state index in [0.29, 0.717) is 12.3 Å². The van der Waals surface area contributed by atoms with E-state index < -0.39 is 13.3 Å². The maximum absolute atomic E-state index is 14.8. The van der Waals surface area contributed by atoms with Crippen LogP contribution in [0.5, 0.6) is 0 Å². The third-order valence-electron chi connectivity index (χ3n) is 4.73. The first-order valence-corrected chi connectivity index (χ1v) is 10.6. The Morgan fingerprint density at radius 2 is 1.95 bits per heavy atom. The van der Waals surface area contributed by atoms with Gasteiger partial charge in [-0.1, -0.05) is 64.7 Å². The van der Waals surface area contributed by atoms with Gasteiger partial charge < -0.3 is 0 Å². The van der Waals surface area contributed by atoms with Crippen molar-refractivity contribution in [3.63, 3.8) is 0 Å². The average molecular weight is 299 g/mol. The van der Waals surface area contributed by atoms with Gasteiger partial charge in [-0.15, -0.1) is 0 Å². The molecule has 0 spiro atoms. The molecule has 0 bridgehead atoms. The van der Waals surface area contributed by atoms with Gasteiger partial charge in [0.25, 0.3) is 0 Å². The van der Waals surface area contributed by atoms with Crippen LogP contribution in [-0.4, -0.2) is 18.2 Å². The zero-order valence-corrected chi connectivity index (χ0v) is 14.8. The number of rotatable bonds is 9. The zero-order valence-electron chi connectivity index (χ0n) is 13.8. The first-order chi connectivity index (χ1) is 9.51. The molecule has 4 unspecified atom stereocenters. The highest BCUT2D eigenvalue weighted by atomic mass is 31.1. The molecule has 0 aliphatic heterocycles. The van der Waals surface area contributed by atoms with Crippen LogP contribution >= 0.6 is 7.92 Å². The minimum atomic E-state index is -1.01. The van der Waals surface area contributed by atoms with Crippen LogP contribution in [0.2, 0.25) is 0 Å². The summed E-state index contributed by atoms with van der Waals surface area (Å²) in [5, 5.41) is -1.01. The molecule has 0 saturated carbocycles. The van der Waals surface area contributed by atoms with E-state index in [4.69, 9.17) is 0 Å². The fourth-order valence-corrected chi connectivity index (χ4v) is 5.62. The second kappa shape index (κ2) is 8.98. The average Bonchev–Trinajstić information content (AvgIpc) is 2.44. The largest absolute Gasteiger partial charge is 0.233 e. The summed E-state index contributed by atoms with van der Waals surface area (Å²) in [4.78, 5) is 0. The third-order valence-corrected chi connectivity index (χ3v) is 7.83. The highest BCUT2D eigenvalue weighted by Gasteiger charge is 2.40. The van der Waals surface area contributed by atoms with Gasteiger partial charge in [-0.25, -0.2) is 0 Å². The van der Waals surface area contributed by atoms with Crippen molar-refractivity contribution in [3.05, 3.63) is 24.3 Å². The van der Waals surface area contributed by atoms with Crippen molar-refractivity contribution in [2.75, 3.05) is 12.8 Å². The quantitative estimate of drug-likeness (QED) is 0.441. The second-order valence-corrected chi connectivity index (χ2v) is 9.38. The van der Waals surface area contributed by atoms with E-state index in [-0.39, 0.29) is 0 Å². The van der Waals surface area contributed by atoms with Crippen molar-refractivity contribution in [3.8, 4) is 0 Å². The molecule has 0 saturated heterocycles. The van der Waals surface area contributed by atoms with E-state index in [1.165, 1.54) is 32.1 Å². The summed E-state index contributed by atoms with van der Waals surface area (Å²) in [6, 6.07) is 0. The number of halogens is 1. The lowest BCUT2D eigenvalue weighted by atomic mass is 9.92. The van der Waals surface area contributed by atoms with Crippen LogP contribution < -0.4 is 0 Å². The van der Waals surface area contributed by atoms with Gasteiger partial charge >= 0.3 is 0 Å². The zero-order chi connectivity index (χ0) is 15.0. The molecular weight excluding hydrogens is 266 g/mol. The molecule has 1 aliphatic carbocycles. The molecule has 0 radical (unpaired) electrons. The first kappa shape index (κ1) is 17.9. The molecule has 0 heterocycles. The van der Waals surface area contributed by atoms with Gasteiger partial charge in [0.15, 0.2) is 0 Å². The Hall–Kier alpha value is -0.160. The van der Waals surface area contributed by atoms with E-state index in [9.17, 15) is 4.39 Å². The summed E-state index contributed by atoms with van der Waals surface area (Å²) in [5.41, 5.74) is 0. The fraction of sp³-hybridized carbons (Fsp3) is 0.778. The molecule has 0 N–H and O–H groups in total. The lowest BCUT2D eigenvalue weighted by Gasteiger charge is -2.25. The fourth-order valence-electron chi connectivity index (χ4n) is 3.19. The van der Waals surface area contributed by atoms with Gasteiger partial charge in [0, 0.05) is 14.3 Å². The molecule has 0 aromatic heterocycles. The van der Waals surface area contributed by atoms with E-state index in [0.717, 1.165) is 12.1 Å². The molecule has 0 nitrogen and oxygen atoms in total. The molecule has 2 heteroatoms. The lowest BCUT2D eigenvalue weighted by Crippen LogP contribution is -2.21. The Morgan fingerprint density at radius 3 is 2.50 bits per heavy atom. The van der Waals surface area contributed by atoms with Gasteiger partial charge in [-0.2, -0.15) is 4.39 Å². The molecular formula is C18H33FP+. The molecule has 4 atom stereocenters. The van der Waals surface area contributed by atoms with Crippen LogP contribution in [0.3, 0.4) is 0 Å². The van der Waals surface area contributed by atoms with Gasteiger partial charge in [-0.05, 0) is 24.3 Å². The molecule has 20 heavy (non-hydrogen) atoms. The topological polar surface area (TPSA) is 0 Å². The Morgan fingerprint density at radius 1 is 1.20 bits per heavy atom. The maximum atomic E-state index is 14.8. The molecule has 0 fully saturated rings. The van der Waals surface area contributed by atoms with Gasteiger partial charge in [0.05, 0.1) is 12.8 Å². The molecule has 0 aromatic carbocycles. The predicted molar refractivity (Wildman–Crippen MR) is 92.9 cm³/mol. The molecule has 0 aromatic rings. The summed E-state index contributed by atoms with van der Waals surface area (Å²) in [7, 11) is -0.958. The van der Waals surface area contributed by atoms with Crippen LogP contribution in [0.4, 0.5) is 4.39 Å². The minimum absolute atomic E-state index is 0.592. The molecule has 1 aliphatic rings. The summed E-state index contributed by atoms with van der Waals surface area (Å²) >= 11 is 0.